The standard InChI is InChI=1S/C22H24ClN3O3/c23-17-6-4-16(5-7-17)22(28)24-18-8-9-20-19(14-18)26(21(27)15-29-20)13-12-25-10-2-1-3-11-25/h4-9,14H,1-3,10-13,15H2,(H,24,28). The van der Waals surface area contributed by atoms with Gasteiger partial charge in [-0.25, -0.2) is 0 Å². The maximum atomic E-state index is 12.5. The van der Waals surface area contributed by atoms with Crippen LogP contribution in [0.2, 0.25) is 5.02 Å². The zero-order valence-electron chi connectivity index (χ0n) is 16.2. The van der Waals surface area contributed by atoms with E-state index in [1.165, 1.54) is 19.3 Å². The summed E-state index contributed by atoms with van der Waals surface area (Å²) < 4.78 is 5.58. The lowest BCUT2D eigenvalue weighted by Crippen LogP contribution is -2.44. The first kappa shape index (κ1) is 19.7. The van der Waals surface area contributed by atoms with Crippen LogP contribution >= 0.6 is 11.6 Å². The number of hydrogen-bond donors (Lipinski definition) is 1. The fourth-order valence-electron chi connectivity index (χ4n) is 3.75. The Morgan fingerprint density at radius 3 is 2.55 bits per heavy atom. The van der Waals surface area contributed by atoms with E-state index >= 15 is 0 Å². The maximum Gasteiger partial charge on any atom is 0.265 e. The average molecular weight is 414 g/mol. The Bertz CT molecular complexity index is 895. The van der Waals surface area contributed by atoms with Crippen LogP contribution in [0, 0.1) is 0 Å². The number of carbonyl (C=O) groups excluding carboxylic acids is 2. The van der Waals surface area contributed by atoms with Crippen molar-refractivity contribution in [2.45, 2.75) is 19.3 Å². The Morgan fingerprint density at radius 1 is 1.03 bits per heavy atom. The predicted octanol–water partition coefficient (Wildman–Crippen LogP) is 3.80. The highest BCUT2D eigenvalue weighted by atomic mass is 35.5. The van der Waals surface area contributed by atoms with Crippen molar-refractivity contribution in [3.8, 4) is 5.75 Å². The third kappa shape index (κ3) is 4.71. The van der Waals surface area contributed by atoms with Gasteiger partial charge in [0.15, 0.2) is 6.61 Å². The van der Waals surface area contributed by atoms with E-state index in [0.717, 1.165) is 19.6 Å². The number of fused-ring (bicyclic) bond motifs is 1. The third-order valence-electron chi connectivity index (χ3n) is 5.35. The van der Waals surface area contributed by atoms with Crippen LogP contribution in [0.15, 0.2) is 42.5 Å². The van der Waals surface area contributed by atoms with Gasteiger partial charge in [0, 0.05) is 29.4 Å². The molecular formula is C22H24ClN3O3. The zero-order valence-corrected chi connectivity index (χ0v) is 17.0. The lowest BCUT2D eigenvalue weighted by molar-refractivity contribution is -0.121. The Morgan fingerprint density at radius 2 is 1.79 bits per heavy atom. The molecule has 0 spiro atoms. The molecule has 152 valence electrons. The quantitative estimate of drug-likeness (QED) is 0.809. The smallest absolute Gasteiger partial charge is 0.265 e. The number of benzene rings is 2. The zero-order chi connectivity index (χ0) is 20.2. The van der Waals surface area contributed by atoms with Gasteiger partial charge in [-0.05, 0) is 68.4 Å². The topological polar surface area (TPSA) is 61.9 Å². The predicted molar refractivity (Wildman–Crippen MR) is 114 cm³/mol. The normalized spacial score (nSPS) is 16.9. The highest BCUT2D eigenvalue weighted by Crippen LogP contribution is 2.34. The molecule has 2 amide bonds. The Balaban J connectivity index is 1.49. The van der Waals surface area contributed by atoms with Crippen LogP contribution in [-0.4, -0.2) is 49.5 Å². The van der Waals surface area contributed by atoms with Gasteiger partial charge in [-0.3, -0.25) is 9.59 Å². The summed E-state index contributed by atoms with van der Waals surface area (Å²) in [6.45, 7) is 3.67. The average Bonchev–Trinajstić information content (AvgIpc) is 2.74. The minimum Gasteiger partial charge on any atom is -0.482 e. The number of likely N-dealkylation sites (tertiary alicyclic amines) is 1. The molecular weight excluding hydrogens is 390 g/mol. The molecule has 0 atom stereocenters. The van der Waals surface area contributed by atoms with E-state index < -0.39 is 0 Å². The van der Waals surface area contributed by atoms with Crippen LogP contribution in [0.5, 0.6) is 5.75 Å². The minimum absolute atomic E-state index is 0.0451. The second kappa shape index (κ2) is 8.84. The molecule has 1 saturated heterocycles. The number of amides is 2. The molecule has 7 heteroatoms. The largest absolute Gasteiger partial charge is 0.482 e. The number of rotatable bonds is 5. The fourth-order valence-corrected chi connectivity index (χ4v) is 3.88. The minimum atomic E-state index is -0.232. The Hall–Kier alpha value is -2.57. The molecule has 4 rings (SSSR count). The van der Waals surface area contributed by atoms with Gasteiger partial charge in [0.2, 0.25) is 0 Å². The number of anilines is 2. The summed E-state index contributed by atoms with van der Waals surface area (Å²) in [5.41, 5.74) is 1.83. The second-order valence-electron chi connectivity index (χ2n) is 7.38. The van der Waals surface area contributed by atoms with Gasteiger partial charge in [0.1, 0.15) is 5.75 Å². The van der Waals surface area contributed by atoms with E-state index in [9.17, 15) is 9.59 Å². The molecule has 0 bridgehead atoms. The first-order chi connectivity index (χ1) is 14.1. The number of nitrogens with one attached hydrogen (secondary N) is 1. The van der Waals surface area contributed by atoms with Gasteiger partial charge in [-0.2, -0.15) is 0 Å². The van der Waals surface area contributed by atoms with Crippen LogP contribution < -0.4 is 15.0 Å². The molecule has 1 N–H and O–H groups in total. The maximum absolute atomic E-state index is 12.5. The SMILES string of the molecule is O=C(Nc1ccc2c(c1)N(CCN1CCCCC1)C(=O)CO2)c1ccc(Cl)cc1. The van der Waals surface area contributed by atoms with Crippen LogP contribution in [-0.2, 0) is 4.79 Å². The summed E-state index contributed by atoms with van der Waals surface area (Å²) in [4.78, 5) is 29.2. The van der Waals surface area contributed by atoms with Crippen molar-refractivity contribution in [2.24, 2.45) is 0 Å². The van der Waals surface area contributed by atoms with Crippen molar-refractivity contribution in [2.75, 3.05) is 43.0 Å². The molecule has 2 aromatic rings. The first-order valence-corrected chi connectivity index (χ1v) is 10.3. The van der Waals surface area contributed by atoms with Gasteiger partial charge in [-0.15, -0.1) is 0 Å². The summed E-state index contributed by atoms with van der Waals surface area (Å²) in [6.07, 6.45) is 3.72. The van der Waals surface area contributed by atoms with Gasteiger partial charge in [-0.1, -0.05) is 18.0 Å². The highest BCUT2D eigenvalue weighted by Gasteiger charge is 2.26. The summed E-state index contributed by atoms with van der Waals surface area (Å²) >= 11 is 5.88. The molecule has 0 radical (unpaired) electrons. The van der Waals surface area contributed by atoms with Crippen LogP contribution in [0.1, 0.15) is 29.6 Å². The van der Waals surface area contributed by atoms with Crippen molar-refractivity contribution < 1.29 is 14.3 Å². The fraction of sp³-hybridized carbons (Fsp3) is 0.364. The van der Waals surface area contributed by atoms with E-state index in [4.69, 9.17) is 16.3 Å². The molecule has 0 saturated carbocycles. The molecule has 2 aromatic carbocycles. The van der Waals surface area contributed by atoms with Gasteiger partial charge >= 0.3 is 0 Å². The Kier molecular flexibility index (Phi) is 6.02. The summed E-state index contributed by atoms with van der Waals surface area (Å²) in [5.74, 6) is 0.368. The van der Waals surface area contributed by atoms with Crippen molar-refractivity contribution in [3.63, 3.8) is 0 Å². The number of carbonyl (C=O) groups is 2. The molecule has 0 unspecified atom stereocenters. The first-order valence-electron chi connectivity index (χ1n) is 9.97. The van der Waals surface area contributed by atoms with E-state index in [1.54, 1.807) is 47.4 Å². The molecule has 6 nitrogen and oxygen atoms in total. The number of ether oxygens (including phenoxy) is 1. The molecule has 0 aromatic heterocycles. The monoisotopic (exact) mass is 413 g/mol. The van der Waals surface area contributed by atoms with E-state index in [1.807, 2.05) is 0 Å². The summed E-state index contributed by atoms with van der Waals surface area (Å²) in [7, 11) is 0. The summed E-state index contributed by atoms with van der Waals surface area (Å²) in [5, 5.41) is 3.46. The van der Waals surface area contributed by atoms with E-state index in [0.29, 0.717) is 34.3 Å². The van der Waals surface area contributed by atoms with E-state index in [-0.39, 0.29) is 18.4 Å². The van der Waals surface area contributed by atoms with E-state index in [2.05, 4.69) is 10.2 Å². The van der Waals surface area contributed by atoms with Crippen LogP contribution in [0.3, 0.4) is 0 Å². The molecule has 2 aliphatic rings. The molecule has 2 heterocycles. The molecule has 0 aliphatic carbocycles. The van der Waals surface area contributed by atoms with Crippen LogP contribution in [0.4, 0.5) is 11.4 Å². The van der Waals surface area contributed by atoms with Crippen LogP contribution in [0.25, 0.3) is 0 Å². The highest BCUT2D eigenvalue weighted by molar-refractivity contribution is 6.30. The van der Waals surface area contributed by atoms with Gasteiger partial charge in [0.25, 0.3) is 11.8 Å². The van der Waals surface area contributed by atoms with Gasteiger partial charge in [0.05, 0.1) is 5.69 Å². The van der Waals surface area contributed by atoms with Crippen molar-refractivity contribution >= 4 is 34.8 Å². The number of nitrogens with zero attached hydrogens (tertiary/aromatic N) is 2. The van der Waals surface area contributed by atoms with Crippen molar-refractivity contribution in [3.05, 3.63) is 53.1 Å². The lowest BCUT2D eigenvalue weighted by atomic mass is 10.1. The number of halogens is 1. The number of hydrogen-bond acceptors (Lipinski definition) is 4. The van der Waals surface area contributed by atoms with Gasteiger partial charge < -0.3 is 19.9 Å². The molecule has 1 fully saturated rings. The van der Waals surface area contributed by atoms with Crippen molar-refractivity contribution in [1.29, 1.82) is 0 Å². The Labute approximate surface area is 175 Å². The molecule has 29 heavy (non-hydrogen) atoms. The number of piperidine rings is 1. The molecule has 2 aliphatic heterocycles. The summed E-state index contributed by atoms with van der Waals surface area (Å²) in [6, 6.07) is 12.1. The lowest BCUT2D eigenvalue weighted by Gasteiger charge is -2.33. The third-order valence-corrected chi connectivity index (χ3v) is 5.61. The van der Waals surface area contributed by atoms with Crippen molar-refractivity contribution in [1.82, 2.24) is 4.90 Å². The second-order valence-corrected chi connectivity index (χ2v) is 7.82.